The van der Waals surface area contributed by atoms with E-state index in [1.807, 2.05) is 0 Å². The predicted octanol–water partition coefficient (Wildman–Crippen LogP) is 1.49. The van der Waals surface area contributed by atoms with Gasteiger partial charge in [0.25, 0.3) is 5.91 Å². The molecule has 3 atom stereocenters. The van der Waals surface area contributed by atoms with Crippen molar-refractivity contribution in [1.82, 2.24) is 15.6 Å². The number of amides is 2. The molecule has 2 aliphatic heterocycles. The van der Waals surface area contributed by atoms with Gasteiger partial charge in [0.2, 0.25) is 11.7 Å². The summed E-state index contributed by atoms with van der Waals surface area (Å²) in [7, 11) is 0. The van der Waals surface area contributed by atoms with Gasteiger partial charge in [0.05, 0.1) is 23.9 Å². The van der Waals surface area contributed by atoms with Crippen LogP contribution in [0.3, 0.4) is 0 Å². The molecule has 2 amide bonds. The number of rotatable bonds is 5. The Morgan fingerprint density at radius 3 is 2.88 bits per heavy atom. The van der Waals surface area contributed by atoms with Crippen LogP contribution < -0.4 is 10.6 Å². The van der Waals surface area contributed by atoms with Crippen molar-refractivity contribution in [1.29, 1.82) is 0 Å². The van der Waals surface area contributed by atoms with Crippen LogP contribution in [0.15, 0.2) is 4.42 Å². The first kappa shape index (κ1) is 16.6. The second kappa shape index (κ2) is 6.78. The first-order valence-electron chi connectivity index (χ1n) is 9.28. The molecule has 7 nitrogen and oxygen atoms in total. The van der Waals surface area contributed by atoms with Gasteiger partial charge in [0, 0.05) is 19.4 Å². The van der Waals surface area contributed by atoms with Gasteiger partial charge in [0.15, 0.2) is 5.89 Å². The van der Waals surface area contributed by atoms with Crippen molar-refractivity contribution in [2.45, 2.75) is 70.1 Å². The molecule has 1 aromatic heterocycles. The van der Waals surface area contributed by atoms with Crippen LogP contribution in [0.1, 0.15) is 60.7 Å². The zero-order valence-electron chi connectivity index (χ0n) is 14.5. The van der Waals surface area contributed by atoms with Crippen molar-refractivity contribution in [2.75, 3.05) is 6.61 Å². The summed E-state index contributed by atoms with van der Waals surface area (Å²) in [6.07, 6.45) is 6.14. The fraction of sp³-hybridized carbons (Fsp3) is 0.722. The highest BCUT2D eigenvalue weighted by Crippen LogP contribution is 2.32. The molecule has 3 fully saturated rings. The fourth-order valence-corrected chi connectivity index (χ4v) is 3.78. The zero-order chi connectivity index (χ0) is 17.4. The van der Waals surface area contributed by atoms with Crippen molar-refractivity contribution >= 4 is 11.8 Å². The molecule has 0 aromatic carbocycles. The van der Waals surface area contributed by atoms with Gasteiger partial charge in [0.1, 0.15) is 0 Å². The van der Waals surface area contributed by atoms with Crippen molar-refractivity contribution < 1.29 is 18.7 Å². The third kappa shape index (κ3) is 3.71. The van der Waals surface area contributed by atoms with Crippen LogP contribution in [-0.4, -0.2) is 41.6 Å². The lowest BCUT2D eigenvalue weighted by Gasteiger charge is -2.35. The molecule has 2 N–H and O–H groups in total. The highest BCUT2D eigenvalue weighted by atomic mass is 16.5. The Bertz CT molecular complexity index is 661. The number of nitrogens with zero attached hydrogens (tertiary/aromatic N) is 1. The van der Waals surface area contributed by atoms with Crippen LogP contribution >= 0.6 is 0 Å². The molecule has 3 heterocycles. The lowest BCUT2D eigenvalue weighted by atomic mass is 9.92. The number of ether oxygens (including phenoxy) is 1. The van der Waals surface area contributed by atoms with E-state index in [0.717, 1.165) is 19.3 Å². The van der Waals surface area contributed by atoms with Gasteiger partial charge in [-0.25, -0.2) is 4.98 Å². The number of hydrogen-bond acceptors (Lipinski definition) is 5. The number of piperidine rings is 1. The Morgan fingerprint density at radius 1 is 1.32 bits per heavy atom. The van der Waals surface area contributed by atoms with Crippen molar-refractivity contribution in [2.24, 2.45) is 5.92 Å². The van der Waals surface area contributed by atoms with Gasteiger partial charge < -0.3 is 19.8 Å². The van der Waals surface area contributed by atoms with Crippen molar-refractivity contribution in [3.05, 3.63) is 17.3 Å². The maximum Gasteiger partial charge on any atom is 0.289 e. The molecule has 1 aromatic rings. The Labute approximate surface area is 146 Å². The summed E-state index contributed by atoms with van der Waals surface area (Å²) >= 11 is 0. The van der Waals surface area contributed by atoms with E-state index in [1.54, 1.807) is 6.92 Å². The minimum atomic E-state index is -0.254. The summed E-state index contributed by atoms with van der Waals surface area (Å²) in [5.74, 6) is 1.37. The summed E-state index contributed by atoms with van der Waals surface area (Å²) < 4.78 is 11.4. The molecule has 2 saturated heterocycles. The van der Waals surface area contributed by atoms with Crippen molar-refractivity contribution in [3.63, 3.8) is 0 Å². The maximum atomic E-state index is 12.7. The van der Waals surface area contributed by atoms with Gasteiger partial charge in [-0.3, -0.25) is 9.59 Å². The van der Waals surface area contributed by atoms with E-state index in [2.05, 4.69) is 15.6 Å². The zero-order valence-corrected chi connectivity index (χ0v) is 14.5. The maximum absolute atomic E-state index is 12.7. The average Bonchev–Trinajstić information content (AvgIpc) is 3.08. The Hall–Kier alpha value is -1.89. The van der Waals surface area contributed by atoms with E-state index in [9.17, 15) is 9.59 Å². The van der Waals surface area contributed by atoms with Gasteiger partial charge >= 0.3 is 0 Å². The number of oxazole rings is 1. The molecule has 0 radical (unpaired) electrons. The topological polar surface area (TPSA) is 93.5 Å². The third-order valence-corrected chi connectivity index (χ3v) is 5.33. The molecule has 7 heteroatoms. The van der Waals surface area contributed by atoms with E-state index < -0.39 is 0 Å². The van der Waals surface area contributed by atoms with Crippen LogP contribution in [0.5, 0.6) is 0 Å². The molecule has 1 unspecified atom stereocenters. The summed E-state index contributed by atoms with van der Waals surface area (Å²) in [6.45, 7) is 2.51. The van der Waals surface area contributed by atoms with E-state index >= 15 is 0 Å². The normalized spacial score (nSPS) is 29.5. The molecule has 4 rings (SSSR count). The quantitative estimate of drug-likeness (QED) is 0.842. The average molecular weight is 347 g/mol. The number of nitrogens with one attached hydrogen (secondary N) is 2. The van der Waals surface area contributed by atoms with Crippen LogP contribution in [0, 0.1) is 12.8 Å². The molecule has 3 aliphatic rings. The number of carbonyl (C=O) groups excluding carboxylic acids is 2. The van der Waals surface area contributed by atoms with Gasteiger partial charge in [-0.15, -0.1) is 0 Å². The minimum Gasteiger partial charge on any atom is -0.435 e. The number of carbonyl (C=O) groups is 2. The summed E-state index contributed by atoms with van der Waals surface area (Å²) in [4.78, 5) is 28.9. The number of hydrogen-bond donors (Lipinski definition) is 2. The lowest BCUT2D eigenvalue weighted by Crippen LogP contribution is -2.60. The SMILES string of the molecule is Cc1nc(CC2CC2)oc1C(=O)N[C@H]1CCC(=O)N[C@@H]1C1CCCO1. The van der Waals surface area contributed by atoms with Crippen LogP contribution in [0.25, 0.3) is 0 Å². The monoisotopic (exact) mass is 347 g/mol. The fourth-order valence-electron chi connectivity index (χ4n) is 3.78. The molecule has 1 aliphatic carbocycles. The van der Waals surface area contributed by atoms with E-state index in [4.69, 9.17) is 9.15 Å². The van der Waals surface area contributed by atoms with Gasteiger partial charge in [-0.05, 0) is 44.9 Å². The van der Waals surface area contributed by atoms with E-state index in [1.165, 1.54) is 12.8 Å². The van der Waals surface area contributed by atoms with E-state index in [0.29, 0.717) is 42.7 Å². The Balaban J connectivity index is 1.44. The number of aryl methyl sites for hydroxylation is 1. The Kier molecular flexibility index (Phi) is 4.50. The molecular formula is C18H25N3O4. The first-order chi connectivity index (χ1) is 12.1. The van der Waals surface area contributed by atoms with Gasteiger partial charge in [-0.2, -0.15) is 0 Å². The molecule has 25 heavy (non-hydrogen) atoms. The molecule has 0 bridgehead atoms. The van der Waals surface area contributed by atoms with Crippen LogP contribution in [0.4, 0.5) is 0 Å². The largest absolute Gasteiger partial charge is 0.435 e. The van der Waals surface area contributed by atoms with Crippen molar-refractivity contribution in [3.8, 4) is 0 Å². The highest BCUT2D eigenvalue weighted by Gasteiger charge is 2.38. The second-order valence-electron chi connectivity index (χ2n) is 7.43. The summed E-state index contributed by atoms with van der Waals surface area (Å²) in [6, 6.07) is -0.327. The molecule has 0 spiro atoms. The standard InChI is InChI=1S/C18H25N3O4/c1-10-17(25-15(19-10)9-11-4-5-11)18(23)20-12-6-7-14(22)21-16(12)13-3-2-8-24-13/h11-13,16H,2-9H2,1H3,(H,20,23)(H,21,22)/t12-,13?,16-/m0/s1. The lowest BCUT2D eigenvalue weighted by molar-refractivity contribution is -0.125. The first-order valence-corrected chi connectivity index (χ1v) is 9.28. The smallest absolute Gasteiger partial charge is 0.289 e. The van der Waals surface area contributed by atoms with E-state index in [-0.39, 0.29) is 30.0 Å². The minimum absolute atomic E-state index is 0.0218. The second-order valence-corrected chi connectivity index (χ2v) is 7.43. The highest BCUT2D eigenvalue weighted by molar-refractivity contribution is 5.92. The van der Waals surface area contributed by atoms with Crippen LogP contribution in [0.2, 0.25) is 0 Å². The van der Waals surface area contributed by atoms with Crippen LogP contribution in [-0.2, 0) is 16.0 Å². The van der Waals surface area contributed by atoms with Gasteiger partial charge in [-0.1, -0.05) is 0 Å². The molecular weight excluding hydrogens is 322 g/mol. The predicted molar refractivity (Wildman–Crippen MR) is 89.1 cm³/mol. The third-order valence-electron chi connectivity index (χ3n) is 5.33. The molecule has 136 valence electrons. The molecule has 1 saturated carbocycles. The summed E-state index contributed by atoms with van der Waals surface area (Å²) in [5, 5.41) is 6.03. The number of aromatic nitrogens is 1. The summed E-state index contributed by atoms with van der Waals surface area (Å²) in [5.41, 5.74) is 0.627. The Morgan fingerprint density at radius 2 is 2.16 bits per heavy atom.